The number of carbonyl (C=O) groups is 2. The number of rotatable bonds is 6. The highest BCUT2D eigenvalue weighted by Crippen LogP contribution is 2.28. The number of nitrogens with zero attached hydrogens (tertiary/aromatic N) is 2. The van der Waals surface area contributed by atoms with Gasteiger partial charge in [0.05, 0.1) is 29.9 Å². The molecule has 0 bridgehead atoms. The molecule has 0 saturated carbocycles. The molecule has 0 aliphatic rings. The second-order valence-electron chi connectivity index (χ2n) is 5.28. The molecule has 1 amide bonds. The monoisotopic (exact) mass is 358 g/mol. The highest BCUT2D eigenvalue weighted by atomic mass is 16.6. The Morgan fingerprint density at radius 1 is 1.15 bits per heavy atom. The number of amides is 1. The van der Waals surface area contributed by atoms with Gasteiger partial charge in [-0.2, -0.15) is 0 Å². The molecule has 0 atom stereocenters. The minimum absolute atomic E-state index is 0.00402. The van der Waals surface area contributed by atoms with Crippen molar-refractivity contribution in [2.75, 3.05) is 25.7 Å². The van der Waals surface area contributed by atoms with Crippen molar-refractivity contribution in [1.82, 2.24) is 0 Å². The average Bonchev–Trinajstić information content (AvgIpc) is 2.66. The third kappa shape index (κ3) is 3.97. The molecule has 26 heavy (non-hydrogen) atoms. The van der Waals surface area contributed by atoms with Crippen LogP contribution in [0.3, 0.4) is 0 Å². The van der Waals surface area contributed by atoms with E-state index in [1.165, 1.54) is 25.1 Å². The summed E-state index contributed by atoms with van der Waals surface area (Å²) in [4.78, 5) is 36.6. The molecule has 8 heteroatoms. The summed E-state index contributed by atoms with van der Waals surface area (Å²) in [6.07, 6.45) is 0. The van der Waals surface area contributed by atoms with Crippen LogP contribution in [0.5, 0.6) is 5.75 Å². The van der Waals surface area contributed by atoms with Crippen molar-refractivity contribution in [1.29, 1.82) is 0 Å². The molecule has 0 unspecified atom stereocenters. The quantitative estimate of drug-likeness (QED) is 0.447. The molecule has 2 aromatic rings. The van der Waals surface area contributed by atoms with Crippen molar-refractivity contribution in [2.24, 2.45) is 0 Å². The van der Waals surface area contributed by atoms with E-state index < -0.39 is 16.8 Å². The second kappa shape index (κ2) is 8.11. The van der Waals surface area contributed by atoms with E-state index in [0.717, 1.165) is 12.1 Å². The Morgan fingerprint density at radius 2 is 1.81 bits per heavy atom. The van der Waals surface area contributed by atoms with Gasteiger partial charge in [0.1, 0.15) is 5.75 Å². The van der Waals surface area contributed by atoms with Crippen molar-refractivity contribution in [2.45, 2.75) is 6.92 Å². The zero-order valence-electron chi connectivity index (χ0n) is 14.6. The van der Waals surface area contributed by atoms with E-state index in [2.05, 4.69) is 0 Å². The number of carbonyl (C=O) groups excluding carboxylic acids is 2. The summed E-state index contributed by atoms with van der Waals surface area (Å²) in [5.74, 6) is -0.784. The van der Waals surface area contributed by atoms with Crippen LogP contribution in [-0.2, 0) is 4.74 Å². The highest BCUT2D eigenvalue weighted by Gasteiger charge is 2.22. The third-order valence-corrected chi connectivity index (χ3v) is 3.64. The molecule has 0 radical (unpaired) electrons. The Hall–Kier alpha value is -3.42. The van der Waals surface area contributed by atoms with Crippen molar-refractivity contribution < 1.29 is 24.0 Å². The van der Waals surface area contributed by atoms with Gasteiger partial charge in [-0.3, -0.25) is 14.9 Å². The molecule has 2 rings (SSSR count). The third-order valence-electron chi connectivity index (χ3n) is 3.64. The van der Waals surface area contributed by atoms with Gasteiger partial charge in [0, 0.05) is 24.7 Å². The van der Waals surface area contributed by atoms with Crippen molar-refractivity contribution >= 4 is 23.3 Å². The number of hydrogen-bond acceptors (Lipinski definition) is 6. The number of para-hydroxylation sites is 2. The van der Waals surface area contributed by atoms with Crippen molar-refractivity contribution in [3.8, 4) is 5.75 Å². The lowest BCUT2D eigenvalue weighted by atomic mass is 10.1. The SMILES string of the molecule is CCOC(=O)c1cc(C(=O)N(C)c2ccccc2OC)cc([N+](=O)[O-])c1. The molecule has 0 heterocycles. The summed E-state index contributed by atoms with van der Waals surface area (Å²) in [6, 6.07) is 10.3. The molecule has 136 valence electrons. The van der Waals surface area contributed by atoms with Crippen LogP contribution in [0.1, 0.15) is 27.6 Å². The Bertz CT molecular complexity index is 849. The molecule has 8 nitrogen and oxygen atoms in total. The first-order valence-corrected chi connectivity index (χ1v) is 7.76. The van der Waals surface area contributed by atoms with Crippen LogP contribution >= 0.6 is 0 Å². The fourth-order valence-corrected chi connectivity index (χ4v) is 2.38. The first kappa shape index (κ1) is 18.9. The topological polar surface area (TPSA) is 99.0 Å². The number of benzene rings is 2. The van der Waals surface area contributed by atoms with Gasteiger partial charge in [-0.05, 0) is 25.1 Å². The fraction of sp³-hybridized carbons (Fsp3) is 0.222. The normalized spacial score (nSPS) is 10.1. The van der Waals surface area contributed by atoms with Crippen LogP contribution in [0.2, 0.25) is 0 Å². The number of non-ortho nitro benzene ring substituents is 1. The summed E-state index contributed by atoms with van der Waals surface area (Å²) in [5, 5.41) is 11.2. The first-order valence-electron chi connectivity index (χ1n) is 7.76. The number of nitro groups is 1. The van der Waals surface area contributed by atoms with Gasteiger partial charge in [-0.1, -0.05) is 12.1 Å². The van der Waals surface area contributed by atoms with Crippen LogP contribution in [0.4, 0.5) is 11.4 Å². The lowest BCUT2D eigenvalue weighted by Crippen LogP contribution is -2.27. The standard InChI is InChI=1S/C18H18N2O6/c1-4-26-18(22)13-9-12(10-14(11-13)20(23)24)17(21)19(2)15-7-5-6-8-16(15)25-3/h5-11H,4H2,1-3H3. The summed E-state index contributed by atoms with van der Waals surface area (Å²) in [7, 11) is 2.99. The average molecular weight is 358 g/mol. The molecule has 2 aromatic carbocycles. The predicted octanol–water partition coefficient (Wildman–Crippen LogP) is 3.06. The molecule has 0 aliphatic carbocycles. The zero-order valence-corrected chi connectivity index (χ0v) is 14.6. The maximum atomic E-state index is 12.8. The Kier molecular flexibility index (Phi) is 5.90. The molecule has 0 saturated heterocycles. The van der Waals surface area contributed by atoms with E-state index in [1.54, 1.807) is 31.2 Å². The largest absolute Gasteiger partial charge is 0.495 e. The maximum Gasteiger partial charge on any atom is 0.338 e. The van der Waals surface area contributed by atoms with Gasteiger partial charge < -0.3 is 14.4 Å². The fourth-order valence-electron chi connectivity index (χ4n) is 2.38. The van der Waals surface area contributed by atoms with Crippen LogP contribution in [0.15, 0.2) is 42.5 Å². The number of methoxy groups -OCH3 is 1. The van der Waals surface area contributed by atoms with E-state index >= 15 is 0 Å². The van der Waals surface area contributed by atoms with E-state index in [0.29, 0.717) is 11.4 Å². The Morgan fingerprint density at radius 3 is 2.42 bits per heavy atom. The molecule has 0 fully saturated rings. The van der Waals surface area contributed by atoms with Gasteiger partial charge >= 0.3 is 5.97 Å². The molecule has 0 aromatic heterocycles. The Balaban J connectivity index is 2.47. The van der Waals surface area contributed by atoms with Gasteiger partial charge in [-0.25, -0.2) is 4.79 Å². The zero-order chi connectivity index (χ0) is 19.3. The van der Waals surface area contributed by atoms with Gasteiger partial charge in [0.25, 0.3) is 11.6 Å². The second-order valence-corrected chi connectivity index (χ2v) is 5.28. The van der Waals surface area contributed by atoms with Crippen LogP contribution in [0.25, 0.3) is 0 Å². The van der Waals surface area contributed by atoms with Gasteiger partial charge in [0.2, 0.25) is 0 Å². The van der Waals surface area contributed by atoms with Crippen molar-refractivity contribution in [3.63, 3.8) is 0 Å². The molecule has 0 spiro atoms. The lowest BCUT2D eigenvalue weighted by Gasteiger charge is -2.20. The minimum Gasteiger partial charge on any atom is -0.495 e. The van der Waals surface area contributed by atoms with Crippen LogP contribution < -0.4 is 9.64 Å². The van der Waals surface area contributed by atoms with E-state index in [1.807, 2.05) is 0 Å². The number of anilines is 1. The van der Waals surface area contributed by atoms with Crippen LogP contribution in [-0.4, -0.2) is 37.6 Å². The summed E-state index contributed by atoms with van der Waals surface area (Å²) >= 11 is 0. The molecule has 0 aliphatic heterocycles. The minimum atomic E-state index is -0.731. The van der Waals surface area contributed by atoms with E-state index in [4.69, 9.17) is 9.47 Å². The van der Waals surface area contributed by atoms with Gasteiger partial charge in [0.15, 0.2) is 0 Å². The van der Waals surface area contributed by atoms with E-state index in [9.17, 15) is 19.7 Å². The predicted molar refractivity (Wildman–Crippen MR) is 94.8 cm³/mol. The lowest BCUT2D eigenvalue weighted by molar-refractivity contribution is -0.384. The number of hydrogen-bond donors (Lipinski definition) is 0. The summed E-state index contributed by atoms with van der Waals surface area (Å²) in [5.41, 5.74) is 0.0602. The number of ether oxygens (including phenoxy) is 2. The first-order chi connectivity index (χ1) is 12.4. The number of esters is 1. The highest BCUT2D eigenvalue weighted by molar-refractivity contribution is 6.08. The Labute approximate surface area is 150 Å². The van der Waals surface area contributed by atoms with Crippen molar-refractivity contribution in [3.05, 3.63) is 63.7 Å². The summed E-state index contributed by atoms with van der Waals surface area (Å²) < 4.78 is 10.1. The molecular weight excluding hydrogens is 340 g/mol. The van der Waals surface area contributed by atoms with E-state index in [-0.39, 0.29) is 23.4 Å². The molecule has 0 N–H and O–H groups in total. The van der Waals surface area contributed by atoms with Gasteiger partial charge in [-0.15, -0.1) is 0 Å². The molecular formula is C18H18N2O6. The number of nitro benzene ring substituents is 1. The smallest absolute Gasteiger partial charge is 0.338 e. The maximum absolute atomic E-state index is 12.8. The van der Waals surface area contributed by atoms with Crippen LogP contribution in [0, 0.1) is 10.1 Å². The summed E-state index contributed by atoms with van der Waals surface area (Å²) in [6.45, 7) is 1.74.